The zero-order valence-electron chi connectivity index (χ0n) is 14.2. The Hall–Kier alpha value is -2.71. The Morgan fingerprint density at radius 2 is 1.92 bits per heavy atom. The normalized spacial score (nSPS) is 15.2. The zero-order chi connectivity index (χ0) is 17.8. The molecule has 0 radical (unpaired) electrons. The summed E-state index contributed by atoms with van der Waals surface area (Å²) in [6, 6.07) is 13.4. The SMILES string of the molecule is O=C(Nc1ccccc1)N1CCN(Cc2nc(-c3cccs3)no2)CC1. The smallest absolute Gasteiger partial charge is 0.321 e. The lowest BCUT2D eigenvalue weighted by Crippen LogP contribution is -2.49. The number of hydrogen-bond donors (Lipinski definition) is 1. The first-order chi connectivity index (χ1) is 12.8. The molecule has 8 heteroatoms. The van der Waals surface area contributed by atoms with Gasteiger partial charge in [0, 0.05) is 31.9 Å². The van der Waals surface area contributed by atoms with Crippen LogP contribution in [0, 0.1) is 0 Å². The fourth-order valence-electron chi connectivity index (χ4n) is 2.85. The molecule has 1 fully saturated rings. The first-order valence-corrected chi connectivity index (χ1v) is 9.36. The molecule has 1 N–H and O–H groups in total. The summed E-state index contributed by atoms with van der Waals surface area (Å²) in [4.78, 5) is 21.8. The highest BCUT2D eigenvalue weighted by Gasteiger charge is 2.22. The second kappa shape index (κ2) is 7.67. The quantitative estimate of drug-likeness (QED) is 0.765. The predicted octanol–water partition coefficient (Wildman–Crippen LogP) is 3.15. The van der Waals surface area contributed by atoms with Crippen LogP contribution in [0.1, 0.15) is 5.89 Å². The fraction of sp³-hybridized carbons (Fsp3) is 0.278. The third-order valence-corrected chi connectivity index (χ3v) is 5.12. The molecule has 1 aromatic carbocycles. The summed E-state index contributed by atoms with van der Waals surface area (Å²) in [5.74, 6) is 1.24. The lowest BCUT2D eigenvalue weighted by atomic mass is 10.3. The van der Waals surface area contributed by atoms with E-state index in [0.29, 0.717) is 31.3 Å². The van der Waals surface area contributed by atoms with E-state index >= 15 is 0 Å². The van der Waals surface area contributed by atoms with Crippen molar-refractivity contribution in [1.82, 2.24) is 19.9 Å². The van der Waals surface area contributed by atoms with Gasteiger partial charge in [-0.25, -0.2) is 4.79 Å². The highest BCUT2D eigenvalue weighted by atomic mass is 32.1. The Kier molecular flexibility index (Phi) is 4.94. The third kappa shape index (κ3) is 3.92. The number of amides is 2. The van der Waals surface area contributed by atoms with E-state index in [0.717, 1.165) is 23.7 Å². The summed E-state index contributed by atoms with van der Waals surface area (Å²) in [5.41, 5.74) is 0.812. The van der Waals surface area contributed by atoms with Gasteiger partial charge >= 0.3 is 6.03 Å². The molecule has 7 nitrogen and oxygen atoms in total. The van der Waals surface area contributed by atoms with Crippen LogP contribution in [-0.2, 0) is 6.54 Å². The van der Waals surface area contributed by atoms with Crippen LogP contribution in [0.15, 0.2) is 52.4 Å². The van der Waals surface area contributed by atoms with Crippen molar-refractivity contribution in [2.75, 3.05) is 31.5 Å². The molecule has 134 valence electrons. The number of carbonyl (C=O) groups excluding carboxylic acids is 1. The number of thiophene rings is 1. The van der Waals surface area contributed by atoms with Gasteiger partial charge in [-0.15, -0.1) is 11.3 Å². The van der Waals surface area contributed by atoms with Crippen LogP contribution in [-0.4, -0.2) is 52.2 Å². The van der Waals surface area contributed by atoms with Crippen molar-refractivity contribution in [1.29, 1.82) is 0 Å². The largest absolute Gasteiger partial charge is 0.338 e. The van der Waals surface area contributed by atoms with Crippen LogP contribution in [0.5, 0.6) is 0 Å². The summed E-state index contributed by atoms with van der Waals surface area (Å²) < 4.78 is 5.36. The van der Waals surface area contributed by atoms with Gasteiger partial charge in [0.2, 0.25) is 11.7 Å². The molecule has 0 unspecified atom stereocenters. The van der Waals surface area contributed by atoms with Gasteiger partial charge in [-0.3, -0.25) is 4.90 Å². The minimum Gasteiger partial charge on any atom is -0.338 e. The van der Waals surface area contributed by atoms with Gasteiger partial charge in [0.25, 0.3) is 0 Å². The number of urea groups is 1. The summed E-state index contributed by atoms with van der Waals surface area (Å²) in [6.45, 7) is 3.50. The van der Waals surface area contributed by atoms with Crippen LogP contribution in [0.2, 0.25) is 0 Å². The molecule has 3 aromatic rings. The minimum absolute atomic E-state index is 0.0615. The molecule has 3 heterocycles. The van der Waals surface area contributed by atoms with E-state index < -0.39 is 0 Å². The Morgan fingerprint density at radius 1 is 1.12 bits per heavy atom. The lowest BCUT2D eigenvalue weighted by Gasteiger charge is -2.33. The number of hydrogen-bond acceptors (Lipinski definition) is 6. The number of aromatic nitrogens is 2. The van der Waals surface area contributed by atoms with Crippen molar-refractivity contribution in [3.05, 3.63) is 53.7 Å². The van der Waals surface area contributed by atoms with E-state index in [1.165, 1.54) is 0 Å². The third-order valence-electron chi connectivity index (χ3n) is 4.25. The van der Waals surface area contributed by atoms with Crippen molar-refractivity contribution < 1.29 is 9.32 Å². The molecule has 1 aliphatic rings. The number of piperazine rings is 1. The molecule has 4 rings (SSSR count). The molecule has 0 aliphatic carbocycles. The van der Waals surface area contributed by atoms with Crippen molar-refractivity contribution in [3.8, 4) is 10.7 Å². The van der Waals surface area contributed by atoms with E-state index in [1.54, 1.807) is 11.3 Å². The van der Waals surface area contributed by atoms with Crippen molar-refractivity contribution >= 4 is 23.1 Å². The summed E-state index contributed by atoms with van der Waals surface area (Å²) in [6.07, 6.45) is 0. The van der Waals surface area contributed by atoms with E-state index in [4.69, 9.17) is 4.52 Å². The summed E-state index contributed by atoms with van der Waals surface area (Å²) in [5, 5.41) is 8.95. The molecule has 0 bridgehead atoms. The summed E-state index contributed by atoms with van der Waals surface area (Å²) >= 11 is 1.59. The molecule has 0 spiro atoms. The Bertz CT molecular complexity index is 842. The second-order valence-corrected chi connectivity index (χ2v) is 7.00. The predicted molar refractivity (Wildman–Crippen MR) is 99.9 cm³/mol. The van der Waals surface area contributed by atoms with Gasteiger partial charge in [-0.05, 0) is 23.6 Å². The first kappa shape index (κ1) is 16.7. The van der Waals surface area contributed by atoms with Crippen LogP contribution in [0.3, 0.4) is 0 Å². The maximum Gasteiger partial charge on any atom is 0.321 e. The maximum atomic E-state index is 12.3. The van der Waals surface area contributed by atoms with Gasteiger partial charge in [-0.1, -0.05) is 29.4 Å². The van der Waals surface area contributed by atoms with E-state index in [2.05, 4.69) is 20.4 Å². The van der Waals surface area contributed by atoms with Crippen LogP contribution in [0.25, 0.3) is 10.7 Å². The molecule has 0 saturated carbocycles. The molecule has 1 aliphatic heterocycles. The first-order valence-electron chi connectivity index (χ1n) is 8.48. The van der Waals surface area contributed by atoms with Gasteiger partial charge in [0.05, 0.1) is 11.4 Å². The lowest BCUT2D eigenvalue weighted by molar-refractivity contribution is 0.133. The number of anilines is 1. The highest BCUT2D eigenvalue weighted by molar-refractivity contribution is 7.13. The van der Waals surface area contributed by atoms with Crippen molar-refractivity contribution in [3.63, 3.8) is 0 Å². The zero-order valence-corrected chi connectivity index (χ0v) is 15.0. The molecule has 1 saturated heterocycles. The molecule has 26 heavy (non-hydrogen) atoms. The van der Waals surface area contributed by atoms with Crippen LogP contribution in [0.4, 0.5) is 10.5 Å². The Morgan fingerprint density at radius 3 is 2.65 bits per heavy atom. The highest BCUT2D eigenvalue weighted by Crippen LogP contribution is 2.21. The molecular weight excluding hydrogens is 350 g/mol. The average Bonchev–Trinajstić information content (AvgIpc) is 3.35. The molecule has 2 aromatic heterocycles. The van der Waals surface area contributed by atoms with Gasteiger partial charge in [-0.2, -0.15) is 4.98 Å². The van der Waals surface area contributed by atoms with E-state index in [9.17, 15) is 4.79 Å². The number of benzene rings is 1. The maximum absolute atomic E-state index is 12.3. The number of para-hydroxylation sites is 1. The van der Waals surface area contributed by atoms with Crippen LogP contribution >= 0.6 is 11.3 Å². The van der Waals surface area contributed by atoms with Gasteiger partial charge < -0.3 is 14.7 Å². The monoisotopic (exact) mass is 369 g/mol. The van der Waals surface area contributed by atoms with E-state index in [-0.39, 0.29) is 6.03 Å². The standard InChI is InChI=1S/C18H19N5O2S/c24-18(19-14-5-2-1-3-6-14)23-10-8-22(9-11-23)13-16-20-17(21-25-16)15-7-4-12-26-15/h1-7,12H,8-11,13H2,(H,19,24). The number of rotatable bonds is 4. The number of carbonyl (C=O) groups is 1. The number of nitrogens with one attached hydrogen (secondary N) is 1. The van der Waals surface area contributed by atoms with Crippen molar-refractivity contribution in [2.45, 2.75) is 6.54 Å². The summed E-state index contributed by atoms with van der Waals surface area (Å²) in [7, 11) is 0. The van der Waals surface area contributed by atoms with E-state index in [1.807, 2.05) is 52.7 Å². The second-order valence-electron chi connectivity index (χ2n) is 6.05. The Labute approximate surface area is 155 Å². The molecule has 2 amide bonds. The number of nitrogens with zero attached hydrogens (tertiary/aromatic N) is 4. The molecule has 0 atom stereocenters. The fourth-order valence-corrected chi connectivity index (χ4v) is 3.50. The van der Waals surface area contributed by atoms with Crippen LogP contribution < -0.4 is 5.32 Å². The van der Waals surface area contributed by atoms with Gasteiger partial charge in [0.1, 0.15) is 0 Å². The molecular formula is C18H19N5O2S. The van der Waals surface area contributed by atoms with Gasteiger partial charge in [0.15, 0.2) is 0 Å². The Balaban J connectivity index is 1.28. The van der Waals surface area contributed by atoms with Crippen molar-refractivity contribution in [2.24, 2.45) is 0 Å². The topological polar surface area (TPSA) is 74.5 Å². The average molecular weight is 369 g/mol. The minimum atomic E-state index is -0.0615.